The first kappa shape index (κ1) is 20.0. The Morgan fingerprint density at radius 1 is 1.11 bits per heavy atom. The highest BCUT2D eigenvalue weighted by atomic mass is 32.1. The minimum atomic E-state index is -4.38. The van der Waals surface area contributed by atoms with E-state index in [2.05, 4.69) is 10.3 Å². The van der Waals surface area contributed by atoms with Gasteiger partial charge in [-0.15, -0.1) is 11.3 Å². The smallest absolute Gasteiger partial charge is 0.394 e. The Morgan fingerprint density at radius 2 is 1.79 bits per heavy atom. The Labute approximate surface area is 163 Å². The van der Waals surface area contributed by atoms with Crippen LogP contribution in [0.4, 0.5) is 13.2 Å². The Morgan fingerprint density at radius 3 is 2.39 bits per heavy atom. The summed E-state index contributed by atoms with van der Waals surface area (Å²) in [5, 5.41) is 14.5. The van der Waals surface area contributed by atoms with Gasteiger partial charge in [0.1, 0.15) is 5.01 Å². The molecular formula is C20H17F3N2O2S. The van der Waals surface area contributed by atoms with Crippen LogP contribution in [0.2, 0.25) is 0 Å². The van der Waals surface area contributed by atoms with Gasteiger partial charge in [0.05, 0.1) is 30.3 Å². The summed E-state index contributed by atoms with van der Waals surface area (Å²) in [6.45, 7) is -0.233. The van der Waals surface area contributed by atoms with Gasteiger partial charge in [-0.3, -0.25) is 4.79 Å². The van der Waals surface area contributed by atoms with Crippen molar-refractivity contribution in [1.29, 1.82) is 0 Å². The van der Waals surface area contributed by atoms with Gasteiger partial charge in [0.2, 0.25) is 5.91 Å². The fourth-order valence-corrected chi connectivity index (χ4v) is 3.48. The molecule has 1 atom stereocenters. The van der Waals surface area contributed by atoms with Crippen LogP contribution < -0.4 is 5.32 Å². The minimum Gasteiger partial charge on any atom is -0.394 e. The van der Waals surface area contributed by atoms with Crippen molar-refractivity contribution in [1.82, 2.24) is 10.3 Å². The minimum absolute atomic E-state index is 0.0144. The second-order valence-corrected chi connectivity index (χ2v) is 6.97. The fraction of sp³-hybridized carbons (Fsp3) is 0.200. The van der Waals surface area contributed by atoms with Crippen molar-refractivity contribution in [2.24, 2.45) is 0 Å². The number of thiazole rings is 1. The van der Waals surface area contributed by atoms with Crippen molar-refractivity contribution in [3.8, 4) is 10.6 Å². The molecular weight excluding hydrogens is 389 g/mol. The lowest BCUT2D eigenvalue weighted by atomic mass is 10.1. The average Bonchev–Trinajstić information content (AvgIpc) is 3.14. The lowest BCUT2D eigenvalue weighted by Crippen LogP contribution is -2.32. The molecule has 0 saturated carbocycles. The molecule has 0 aliphatic rings. The van der Waals surface area contributed by atoms with Crippen LogP contribution in [0.1, 0.15) is 22.9 Å². The van der Waals surface area contributed by atoms with Crippen LogP contribution in [0.3, 0.4) is 0 Å². The van der Waals surface area contributed by atoms with E-state index in [1.807, 2.05) is 30.3 Å². The number of nitrogens with zero attached hydrogens (tertiary/aromatic N) is 1. The fourth-order valence-electron chi connectivity index (χ4n) is 2.65. The maximum atomic E-state index is 12.7. The van der Waals surface area contributed by atoms with Crippen molar-refractivity contribution in [2.45, 2.75) is 18.6 Å². The number of rotatable bonds is 6. The number of halogens is 3. The van der Waals surface area contributed by atoms with Crippen molar-refractivity contribution < 1.29 is 23.1 Å². The van der Waals surface area contributed by atoms with Gasteiger partial charge in [-0.2, -0.15) is 13.2 Å². The summed E-state index contributed by atoms with van der Waals surface area (Å²) in [7, 11) is 0. The molecule has 0 radical (unpaired) electrons. The largest absolute Gasteiger partial charge is 0.416 e. The zero-order valence-electron chi connectivity index (χ0n) is 14.6. The Kier molecular flexibility index (Phi) is 6.11. The summed E-state index contributed by atoms with van der Waals surface area (Å²) in [4.78, 5) is 16.6. The highest BCUT2D eigenvalue weighted by Crippen LogP contribution is 2.31. The summed E-state index contributed by atoms with van der Waals surface area (Å²) >= 11 is 1.26. The van der Waals surface area contributed by atoms with E-state index in [0.29, 0.717) is 16.3 Å². The van der Waals surface area contributed by atoms with E-state index in [0.717, 1.165) is 17.7 Å². The number of aliphatic hydroxyl groups is 1. The molecule has 2 aromatic carbocycles. The highest BCUT2D eigenvalue weighted by molar-refractivity contribution is 7.13. The van der Waals surface area contributed by atoms with E-state index in [9.17, 15) is 23.1 Å². The first-order valence-corrected chi connectivity index (χ1v) is 9.32. The first-order chi connectivity index (χ1) is 13.4. The van der Waals surface area contributed by atoms with Crippen LogP contribution in [0, 0.1) is 0 Å². The van der Waals surface area contributed by atoms with Crippen LogP contribution in [0.5, 0.6) is 0 Å². The summed E-state index contributed by atoms with van der Waals surface area (Å²) in [5.41, 5.74) is 1.15. The molecule has 1 aromatic heterocycles. The number of nitrogens with one attached hydrogen (secondary N) is 1. The number of carbonyl (C=O) groups is 1. The van der Waals surface area contributed by atoms with Crippen LogP contribution in [-0.2, 0) is 17.4 Å². The van der Waals surface area contributed by atoms with Crippen molar-refractivity contribution in [3.05, 3.63) is 76.8 Å². The Hall–Kier alpha value is -2.71. The molecule has 0 aliphatic heterocycles. The molecule has 0 saturated heterocycles. The van der Waals surface area contributed by atoms with E-state index in [1.54, 1.807) is 5.38 Å². The van der Waals surface area contributed by atoms with Gasteiger partial charge >= 0.3 is 6.18 Å². The van der Waals surface area contributed by atoms with Crippen LogP contribution >= 0.6 is 11.3 Å². The van der Waals surface area contributed by atoms with Crippen LogP contribution in [0.25, 0.3) is 10.6 Å². The normalized spacial score (nSPS) is 12.6. The summed E-state index contributed by atoms with van der Waals surface area (Å²) in [6.07, 6.45) is -4.37. The van der Waals surface area contributed by atoms with E-state index in [1.165, 1.54) is 23.5 Å². The molecule has 0 aliphatic carbocycles. The third kappa shape index (κ3) is 4.96. The first-order valence-electron chi connectivity index (χ1n) is 8.44. The van der Waals surface area contributed by atoms with Gasteiger partial charge < -0.3 is 10.4 Å². The molecule has 0 bridgehead atoms. The van der Waals surface area contributed by atoms with Gasteiger partial charge in [-0.1, -0.05) is 42.5 Å². The Balaban J connectivity index is 1.65. The van der Waals surface area contributed by atoms with Crippen LogP contribution in [-0.4, -0.2) is 22.6 Å². The zero-order valence-corrected chi connectivity index (χ0v) is 15.4. The Bertz CT molecular complexity index is 925. The predicted molar refractivity (Wildman–Crippen MR) is 101 cm³/mol. The number of hydrogen-bond donors (Lipinski definition) is 2. The van der Waals surface area contributed by atoms with Gasteiger partial charge in [-0.05, 0) is 17.7 Å². The number of carbonyl (C=O) groups excluding carboxylic acids is 1. The quantitative estimate of drug-likeness (QED) is 0.644. The molecule has 3 aromatic rings. The summed E-state index contributed by atoms with van der Waals surface area (Å²) in [5.74, 6) is -0.299. The maximum absolute atomic E-state index is 12.7. The SMILES string of the molecule is O=C(Cc1csc(-c2ccc(C(F)(F)F)cc2)n1)NC(CO)c1ccccc1. The van der Waals surface area contributed by atoms with Gasteiger partial charge in [0.25, 0.3) is 0 Å². The number of benzene rings is 2. The number of amides is 1. The van der Waals surface area contributed by atoms with Crippen molar-refractivity contribution in [3.63, 3.8) is 0 Å². The standard InChI is InChI=1S/C20H17F3N2O2S/c21-20(22,23)15-8-6-14(7-9-15)19-24-16(12-28-19)10-18(27)25-17(11-26)13-4-2-1-3-5-13/h1-9,12,17,26H,10-11H2,(H,25,27). The monoisotopic (exact) mass is 406 g/mol. The maximum Gasteiger partial charge on any atom is 0.416 e. The summed E-state index contributed by atoms with van der Waals surface area (Å²) in [6, 6.07) is 13.3. The third-order valence-electron chi connectivity index (χ3n) is 4.07. The summed E-state index contributed by atoms with van der Waals surface area (Å²) < 4.78 is 38.0. The molecule has 1 amide bonds. The molecule has 8 heteroatoms. The highest BCUT2D eigenvalue weighted by Gasteiger charge is 2.30. The molecule has 0 spiro atoms. The second-order valence-electron chi connectivity index (χ2n) is 6.11. The van der Waals surface area contributed by atoms with Crippen molar-refractivity contribution >= 4 is 17.2 Å². The predicted octanol–water partition coefficient (Wildman–Crippen LogP) is 4.22. The number of hydrogen-bond acceptors (Lipinski definition) is 4. The van der Waals surface area contributed by atoms with Crippen molar-refractivity contribution in [2.75, 3.05) is 6.61 Å². The lowest BCUT2D eigenvalue weighted by molar-refractivity contribution is -0.137. The number of alkyl halides is 3. The van der Waals surface area contributed by atoms with E-state index < -0.39 is 17.8 Å². The van der Waals surface area contributed by atoms with Gasteiger partial charge in [0.15, 0.2) is 0 Å². The molecule has 1 unspecified atom stereocenters. The number of aromatic nitrogens is 1. The number of aliphatic hydroxyl groups excluding tert-OH is 1. The average molecular weight is 406 g/mol. The van der Waals surface area contributed by atoms with E-state index >= 15 is 0 Å². The molecule has 4 nitrogen and oxygen atoms in total. The van der Waals surface area contributed by atoms with Crippen LogP contribution in [0.15, 0.2) is 60.0 Å². The van der Waals surface area contributed by atoms with Gasteiger partial charge in [-0.25, -0.2) is 4.98 Å². The second kappa shape index (κ2) is 8.53. The van der Waals surface area contributed by atoms with E-state index in [4.69, 9.17) is 0 Å². The molecule has 28 heavy (non-hydrogen) atoms. The lowest BCUT2D eigenvalue weighted by Gasteiger charge is -2.16. The topological polar surface area (TPSA) is 62.2 Å². The van der Waals surface area contributed by atoms with E-state index in [-0.39, 0.29) is 18.9 Å². The molecule has 2 N–H and O–H groups in total. The zero-order chi connectivity index (χ0) is 20.1. The van der Waals surface area contributed by atoms with Gasteiger partial charge in [0, 0.05) is 10.9 Å². The molecule has 0 fully saturated rings. The molecule has 3 rings (SSSR count). The molecule has 1 heterocycles. The molecule has 146 valence electrons. The third-order valence-corrected chi connectivity index (χ3v) is 5.01.